The van der Waals surface area contributed by atoms with E-state index in [9.17, 15) is 18.3 Å². The maximum atomic E-state index is 12.7. The first kappa shape index (κ1) is 17.4. The van der Waals surface area contributed by atoms with E-state index >= 15 is 0 Å². The van der Waals surface area contributed by atoms with Crippen LogP contribution in [0.25, 0.3) is 5.76 Å². The Morgan fingerprint density at radius 3 is 2.68 bits per heavy atom. The Bertz CT molecular complexity index is 1060. The molecular weight excluding hydrogens is 362 g/mol. The number of rotatable bonds is 2. The lowest BCUT2D eigenvalue weighted by atomic mass is 10.1. The minimum atomic E-state index is -3.92. The van der Waals surface area contributed by atoms with Crippen molar-refractivity contribution >= 4 is 33.0 Å². The van der Waals surface area contributed by atoms with Crippen LogP contribution in [0.1, 0.15) is 17.4 Å². The Balaban J connectivity index is 2.21. The minimum absolute atomic E-state index is 0.0397. The molecular formula is C16H17N3O4S2. The fourth-order valence-electron chi connectivity index (χ4n) is 2.62. The Hall–Kier alpha value is -2.39. The van der Waals surface area contributed by atoms with Crippen molar-refractivity contribution in [3.63, 3.8) is 0 Å². The third-order valence-electron chi connectivity index (χ3n) is 3.90. The predicted molar refractivity (Wildman–Crippen MR) is 94.2 cm³/mol. The maximum Gasteiger partial charge on any atom is 0.300 e. The molecule has 3 rings (SSSR count). The molecule has 1 aliphatic heterocycles. The summed E-state index contributed by atoms with van der Waals surface area (Å²) < 4.78 is 27.8. The number of benzene rings is 1. The molecule has 1 N–H and O–H groups in total. The number of thiazole rings is 1. The SMILES string of the molecule is CCn1cc(C)s/c1=N/C(=O)C1=C(O)c2ccccc2S(=O)(=O)N1C. The smallest absolute Gasteiger partial charge is 0.300 e. The lowest BCUT2D eigenvalue weighted by Crippen LogP contribution is -2.35. The molecule has 0 unspecified atom stereocenters. The van der Waals surface area contributed by atoms with Gasteiger partial charge in [0, 0.05) is 30.2 Å². The first-order valence-corrected chi connectivity index (χ1v) is 9.80. The zero-order chi connectivity index (χ0) is 18.4. The van der Waals surface area contributed by atoms with Crippen molar-refractivity contribution < 1.29 is 18.3 Å². The van der Waals surface area contributed by atoms with Gasteiger partial charge in [0.15, 0.2) is 16.3 Å². The van der Waals surface area contributed by atoms with Crippen LogP contribution < -0.4 is 4.80 Å². The summed E-state index contributed by atoms with van der Waals surface area (Å²) in [5.74, 6) is -1.19. The normalized spacial score (nSPS) is 16.9. The number of sulfonamides is 1. The largest absolute Gasteiger partial charge is 0.505 e. The van der Waals surface area contributed by atoms with Crippen LogP contribution in [0.5, 0.6) is 0 Å². The number of likely N-dealkylation sites (N-methyl/N-ethyl adjacent to an activating group) is 1. The van der Waals surface area contributed by atoms with E-state index in [2.05, 4.69) is 4.99 Å². The summed E-state index contributed by atoms with van der Waals surface area (Å²) in [7, 11) is -2.69. The van der Waals surface area contributed by atoms with Gasteiger partial charge in [0.2, 0.25) is 0 Å². The quantitative estimate of drug-likeness (QED) is 0.862. The molecule has 1 aliphatic rings. The highest BCUT2D eigenvalue weighted by Gasteiger charge is 2.37. The number of fused-ring (bicyclic) bond motifs is 1. The van der Waals surface area contributed by atoms with Crippen molar-refractivity contribution in [2.45, 2.75) is 25.3 Å². The van der Waals surface area contributed by atoms with Gasteiger partial charge in [0.1, 0.15) is 0 Å². The molecule has 0 spiro atoms. The van der Waals surface area contributed by atoms with Crippen molar-refractivity contribution in [2.24, 2.45) is 4.99 Å². The van der Waals surface area contributed by atoms with Gasteiger partial charge in [-0.25, -0.2) is 8.42 Å². The summed E-state index contributed by atoms with van der Waals surface area (Å²) in [5, 5.41) is 10.5. The Kier molecular flexibility index (Phi) is 4.29. The second kappa shape index (κ2) is 6.16. The lowest BCUT2D eigenvalue weighted by molar-refractivity contribution is -0.115. The van der Waals surface area contributed by atoms with Gasteiger partial charge < -0.3 is 9.67 Å². The van der Waals surface area contributed by atoms with E-state index < -0.39 is 21.7 Å². The number of aliphatic hydroxyl groups is 1. The molecule has 2 aromatic rings. The molecule has 0 atom stereocenters. The van der Waals surface area contributed by atoms with Crippen LogP contribution in [0.2, 0.25) is 0 Å². The molecule has 2 heterocycles. The van der Waals surface area contributed by atoms with Gasteiger partial charge in [-0.15, -0.1) is 11.3 Å². The molecule has 0 radical (unpaired) electrons. The van der Waals surface area contributed by atoms with Crippen molar-refractivity contribution in [3.05, 3.63) is 51.4 Å². The molecule has 0 bridgehead atoms. The van der Waals surface area contributed by atoms with Crippen LogP contribution in [0.15, 0.2) is 46.0 Å². The minimum Gasteiger partial charge on any atom is -0.505 e. The average Bonchev–Trinajstić information content (AvgIpc) is 2.93. The summed E-state index contributed by atoms with van der Waals surface area (Å²) in [6.45, 7) is 4.43. The molecule has 25 heavy (non-hydrogen) atoms. The van der Waals surface area contributed by atoms with E-state index in [1.807, 2.05) is 20.0 Å². The molecule has 0 saturated carbocycles. The number of nitrogens with zero attached hydrogens (tertiary/aromatic N) is 3. The number of hydrogen-bond donors (Lipinski definition) is 1. The van der Waals surface area contributed by atoms with E-state index in [0.29, 0.717) is 11.3 Å². The predicted octanol–water partition coefficient (Wildman–Crippen LogP) is 1.87. The fraction of sp³-hybridized carbons (Fsp3) is 0.250. The second-order valence-corrected chi connectivity index (χ2v) is 8.64. The highest BCUT2D eigenvalue weighted by Crippen LogP contribution is 2.34. The van der Waals surface area contributed by atoms with Crippen LogP contribution in [0.3, 0.4) is 0 Å². The van der Waals surface area contributed by atoms with Gasteiger partial charge in [-0.3, -0.25) is 9.10 Å². The Morgan fingerprint density at radius 2 is 2.00 bits per heavy atom. The second-order valence-electron chi connectivity index (χ2n) is 5.49. The van der Waals surface area contributed by atoms with Gasteiger partial charge in [0.25, 0.3) is 10.0 Å². The Labute approximate surface area is 149 Å². The van der Waals surface area contributed by atoms with Crippen molar-refractivity contribution in [1.82, 2.24) is 8.87 Å². The highest BCUT2D eigenvalue weighted by atomic mass is 32.2. The molecule has 7 nitrogen and oxygen atoms in total. The lowest BCUT2D eigenvalue weighted by Gasteiger charge is -2.27. The number of aryl methyl sites for hydroxylation is 2. The number of aromatic nitrogens is 1. The van der Waals surface area contributed by atoms with E-state index in [0.717, 1.165) is 9.18 Å². The molecule has 9 heteroatoms. The van der Waals surface area contributed by atoms with Crippen molar-refractivity contribution in [2.75, 3.05) is 7.05 Å². The van der Waals surface area contributed by atoms with E-state index in [-0.39, 0.29) is 16.2 Å². The summed E-state index contributed by atoms with van der Waals surface area (Å²) in [6, 6.07) is 6.02. The molecule has 1 aromatic carbocycles. The third-order valence-corrected chi connectivity index (χ3v) is 6.65. The first-order chi connectivity index (χ1) is 11.8. The number of carbonyl (C=O) groups is 1. The number of hydrogen-bond acceptors (Lipinski definition) is 5. The molecule has 132 valence electrons. The van der Waals surface area contributed by atoms with Crippen LogP contribution in [-0.2, 0) is 21.4 Å². The van der Waals surface area contributed by atoms with Gasteiger partial charge >= 0.3 is 5.91 Å². The molecule has 0 fully saturated rings. The van der Waals surface area contributed by atoms with Crippen LogP contribution >= 0.6 is 11.3 Å². The number of aliphatic hydroxyl groups excluding tert-OH is 1. The summed E-state index contributed by atoms with van der Waals surface area (Å²) in [6.07, 6.45) is 1.86. The van der Waals surface area contributed by atoms with Gasteiger partial charge in [0.05, 0.1) is 4.90 Å². The van der Waals surface area contributed by atoms with E-state index in [1.54, 1.807) is 16.7 Å². The summed E-state index contributed by atoms with van der Waals surface area (Å²) in [4.78, 5) is 18.1. The monoisotopic (exact) mass is 379 g/mol. The highest BCUT2D eigenvalue weighted by molar-refractivity contribution is 7.89. The fourth-order valence-corrected chi connectivity index (χ4v) is 4.91. The molecule has 0 aliphatic carbocycles. The van der Waals surface area contributed by atoms with Gasteiger partial charge in [-0.1, -0.05) is 12.1 Å². The van der Waals surface area contributed by atoms with Gasteiger partial charge in [-0.2, -0.15) is 4.99 Å². The van der Waals surface area contributed by atoms with Crippen molar-refractivity contribution in [3.8, 4) is 0 Å². The maximum absolute atomic E-state index is 12.7. The van der Waals surface area contributed by atoms with Crippen LogP contribution in [0.4, 0.5) is 0 Å². The standard InChI is InChI=1S/C16H17N3O4S2/c1-4-19-9-10(2)24-16(19)17-15(21)13-14(20)11-7-5-6-8-12(11)25(22,23)18(13)3/h5-9,20H,4H2,1-3H3/b17-16+. The van der Waals surface area contributed by atoms with Crippen LogP contribution in [0, 0.1) is 6.92 Å². The first-order valence-electron chi connectivity index (χ1n) is 7.55. The summed E-state index contributed by atoms with van der Waals surface area (Å²) in [5.41, 5.74) is -0.253. The molecule has 1 amide bonds. The molecule has 1 aromatic heterocycles. The Morgan fingerprint density at radius 1 is 1.32 bits per heavy atom. The number of carbonyl (C=O) groups excluding carboxylic acids is 1. The zero-order valence-corrected chi connectivity index (χ0v) is 15.6. The van der Waals surface area contributed by atoms with Gasteiger partial charge in [-0.05, 0) is 26.0 Å². The number of amides is 1. The zero-order valence-electron chi connectivity index (χ0n) is 13.9. The van der Waals surface area contributed by atoms with Crippen LogP contribution in [-0.4, -0.2) is 35.4 Å². The molecule has 0 saturated heterocycles. The van der Waals surface area contributed by atoms with E-state index in [4.69, 9.17) is 0 Å². The third kappa shape index (κ3) is 2.79. The van der Waals surface area contributed by atoms with Crippen molar-refractivity contribution in [1.29, 1.82) is 0 Å². The average molecular weight is 379 g/mol. The summed E-state index contributed by atoms with van der Waals surface area (Å²) >= 11 is 1.32. The topological polar surface area (TPSA) is 92.0 Å². The van der Waals surface area contributed by atoms with E-state index in [1.165, 1.54) is 30.5 Å².